The van der Waals surface area contributed by atoms with E-state index in [2.05, 4.69) is 15.6 Å². The number of carbonyl (C=O) groups excluding carboxylic acids is 2. The maximum Gasteiger partial charge on any atom is 0.251 e. The summed E-state index contributed by atoms with van der Waals surface area (Å²) < 4.78 is 5.99. The maximum absolute atomic E-state index is 13.0. The van der Waals surface area contributed by atoms with Gasteiger partial charge in [-0.25, -0.2) is 5.48 Å². The SMILES string of the molecule is Cc1cc(COc2ccc(C(=O)NC3(CC(=O)NO)CCCNCC3)cc2)c2ccccc2n1. The van der Waals surface area contributed by atoms with Crippen molar-refractivity contribution < 1.29 is 19.5 Å². The van der Waals surface area contributed by atoms with Crippen LogP contribution >= 0.6 is 0 Å². The van der Waals surface area contributed by atoms with Crippen LogP contribution in [0.3, 0.4) is 0 Å². The first kappa shape index (κ1) is 23.7. The average Bonchev–Trinajstić information content (AvgIpc) is 3.07. The van der Waals surface area contributed by atoms with Gasteiger partial charge in [0.2, 0.25) is 5.91 Å². The van der Waals surface area contributed by atoms with Crippen molar-refractivity contribution >= 4 is 22.7 Å². The van der Waals surface area contributed by atoms with Gasteiger partial charge >= 0.3 is 0 Å². The summed E-state index contributed by atoms with van der Waals surface area (Å²) in [5.41, 5.74) is 4.39. The Kier molecular flexibility index (Phi) is 7.40. The molecular formula is C26H30N4O4. The van der Waals surface area contributed by atoms with Crippen LogP contribution in [-0.2, 0) is 11.4 Å². The number of amides is 2. The molecule has 0 radical (unpaired) electrons. The van der Waals surface area contributed by atoms with Crippen molar-refractivity contribution in [3.05, 3.63) is 71.4 Å². The Morgan fingerprint density at radius 3 is 2.71 bits per heavy atom. The van der Waals surface area contributed by atoms with Crippen LogP contribution in [0.1, 0.15) is 47.3 Å². The molecule has 4 N–H and O–H groups in total. The number of hydrogen-bond donors (Lipinski definition) is 4. The molecule has 34 heavy (non-hydrogen) atoms. The third-order valence-corrected chi connectivity index (χ3v) is 6.23. The molecule has 1 aromatic heterocycles. The number of carbonyl (C=O) groups is 2. The Bertz CT molecular complexity index is 1160. The van der Waals surface area contributed by atoms with E-state index in [1.807, 2.05) is 37.3 Å². The van der Waals surface area contributed by atoms with Crippen molar-refractivity contribution in [3.63, 3.8) is 0 Å². The fraction of sp³-hybridized carbons (Fsp3) is 0.346. The van der Waals surface area contributed by atoms with Crippen molar-refractivity contribution in [2.75, 3.05) is 13.1 Å². The van der Waals surface area contributed by atoms with Crippen LogP contribution in [-0.4, -0.2) is 40.6 Å². The van der Waals surface area contributed by atoms with E-state index in [4.69, 9.17) is 9.94 Å². The number of rotatable bonds is 7. The molecular weight excluding hydrogens is 432 g/mol. The van der Waals surface area contributed by atoms with Gasteiger partial charge < -0.3 is 15.4 Å². The molecule has 8 heteroatoms. The number of para-hydroxylation sites is 1. The molecule has 8 nitrogen and oxygen atoms in total. The van der Waals surface area contributed by atoms with E-state index in [-0.39, 0.29) is 12.3 Å². The smallest absolute Gasteiger partial charge is 0.251 e. The van der Waals surface area contributed by atoms with Crippen LogP contribution < -0.4 is 20.9 Å². The summed E-state index contributed by atoms with van der Waals surface area (Å²) in [4.78, 5) is 29.5. The lowest BCUT2D eigenvalue weighted by Crippen LogP contribution is -2.51. The van der Waals surface area contributed by atoms with Gasteiger partial charge in [-0.1, -0.05) is 18.2 Å². The van der Waals surface area contributed by atoms with Crippen LogP contribution in [0.4, 0.5) is 0 Å². The van der Waals surface area contributed by atoms with Gasteiger partial charge in [-0.15, -0.1) is 0 Å². The van der Waals surface area contributed by atoms with Gasteiger partial charge in [-0.05, 0) is 75.7 Å². The maximum atomic E-state index is 13.0. The molecule has 2 amide bonds. The quantitative estimate of drug-likeness (QED) is 0.317. The van der Waals surface area contributed by atoms with Gasteiger partial charge in [0.15, 0.2) is 0 Å². The van der Waals surface area contributed by atoms with Crippen LogP contribution in [0.5, 0.6) is 5.75 Å². The monoisotopic (exact) mass is 462 g/mol. The molecule has 2 heterocycles. The summed E-state index contributed by atoms with van der Waals surface area (Å²) in [6.45, 7) is 3.87. The third kappa shape index (κ3) is 5.70. The molecule has 0 bridgehead atoms. The van der Waals surface area contributed by atoms with Crippen molar-refractivity contribution in [3.8, 4) is 5.75 Å². The van der Waals surface area contributed by atoms with Crippen molar-refractivity contribution in [2.45, 2.75) is 44.8 Å². The van der Waals surface area contributed by atoms with Crippen molar-refractivity contribution in [2.24, 2.45) is 0 Å². The summed E-state index contributed by atoms with van der Waals surface area (Å²) in [6, 6.07) is 17.0. The number of hydroxylamine groups is 1. The standard InChI is InChI=1S/C26H30N4O4/c1-18-15-20(22-5-2-3-6-23(22)28-18)17-34-21-9-7-19(8-10-21)25(32)29-26(16-24(31)30-33)11-4-13-27-14-12-26/h2-3,5-10,15,27,33H,4,11-14,16-17H2,1H3,(H,29,32)(H,30,31). The summed E-state index contributed by atoms with van der Waals surface area (Å²) in [7, 11) is 0. The first-order valence-electron chi connectivity index (χ1n) is 11.5. The number of benzene rings is 2. The molecule has 1 aliphatic heterocycles. The number of pyridine rings is 1. The van der Waals surface area contributed by atoms with Crippen LogP contribution in [0.25, 0.3) is 10.9 Å². The van der Waals surface area contributed by atoms with Gasteiger partial charge in [0.1, 0.15) is 12.4 Å². The predicted molar refractivity (Wildman–Crippen MR) is 129 cm³/mol. The first-order valence-corrected chi connectivity index (χ1v) is 11.5. The molecule has 1 atom stereocenters. The second-order valence-corrected chi connectivity index (χ2v) is 8.80. The molecule has 0 aliphatic carbocycles. The van der Waals surface area contributed by atoms with Gasteiger partial charge in [0.05, 0.1) is 17.5 Å². The lowest BCUT2D eigenvalue weighted by Gasteiger charge is -2.33. The van der Waals surface area contributed by atoms with Crippen LogP contribution in [0, 0.1) is 6.92 Å². The van der Waals surface area contributed by atoms with E-state index in [0.717, 1.165) is 35.1 Å². The lowest BCUT2D eigenvalue weighted by molar-refractivity contribution is -0.130. The van der Waals surface area contributed by atoms with Crippen LogP contribution in [0.15, 0.2) is 54.6 Å². The molecule has 0 saturated carbocycles. The highest BCUT2D eigenvalue weighted by atomic mass is 16.5. The molecule has 4 rings (SSSR count). The highest BCUT2D eigenvalue weighted by Crippen LogP contribution is 2.25. The fourth-order valence-corrected chi connectivity index (χ4v) is 4.51. The van der Waals surface area contributed by atoms with Crippen molar-refractivity contribution in [1.82, 2.24) is 21.1 Å². The molecule has 178 valence electrons. The zero-order valence-electron chi connectivity index (χ0n) is 19.3. The molecule has 0 spiro atoms. The molecule has 1 fully saturated rings. The number of aryl methyl sites for hydroxylation is 1. The summed E-state index contributed by atoms with van der Waals surface area (Å²) >= 11 is 0. The Morgan fingerprint density at radius 2 is 1.91 bits per heavy atom. The second kappa shape index (κ2) is 10.6. The number of nitrogens with one attached hydrogen (secondary N) is 3. The minimum Gasteiger partial charge on any atom is -0.489 e. The van der Waals surface area contributed by atoms with E-state index in [1.165, 1.54) is 0 Å². The summed E-state index contributed by atoms with van der Waals surface area (Å²) in [5, 5.41) is 16.4. The van der Waals surface area contributed by atoms with E-state index in [9.17, 15) is 9.59 Å². The predicted octanol–water partition coefficient (Wildman–Crippen LogP) is 3.26. The first-order chi connectivity index (χ1) is 16.5. The number of ether oxygens (including phenoxy) is 1. The largest absolute Gasteiger partial charge is 0.489 e. The van der Waals surface area contributed by atoms with E-state index >= 15 is 0 Å². The van der Waals surface area contributed by atoms with E-state index in [1.54, 1.807) is 29.7 Å². The van der Waals surface area contributed by atoms with Gasteiger partial charge in [-0.3, -0.25) is 19.8 Å². The zero-order valence-corrected chi connectivity index (χ0v) is 19.3. The minimum absolute atomic E-state index is 0.0252. The molecule has 1 saturated heterocycles. The Hall–Kier alpha value is -3.49. The van der Waals surface area contributed by atoms with Gasteiger partial charge in [-0.2, -0.15) is 0 Å². The summed E-state index contributed by atoms with van der Waals surface area (Å²) in [6.07, 6.45) is 2.11. The van der Waals surface area contributed by atoms with E-state index < -0.39 is 11.4 Å². The zero-order chi connectivity index (χ0) is 24.0. The third-order valence-electron chi connectivity index (χ3n) is 6.23. The topological polar surface area (TPSA) is 113 Å². The highest BCUT2D eigenvalue weighted by molar-refractivity contribution is 5.95. The fourth-order valence-electron chi connectivity index (χ4n) is 4.51. The van der Waals surface area contributed by atoms with Crippen molar-refractivity contribution in [1.29, 1.82) is 0 Å². The second-order valence-electron chi connectivity index (χ2n) is 8.80. The molecule has 3 aromatic rings. The molecule has 1 aliphatic rings. The number of fused-ring (bicyclic) bond motifs is 1. The minimum atomic E-state index is -0.706. The van der Waals surface area contributed by atoms with Gasteiger partial charge in [0.25, 0.3) is 5.91 Å². The molecule has 2 aromatic carbocycles. The average molecular weight is 463 g/mol. The van der Waals surface area contributed by atoms with Crippen LogP contribution in [0.2, 0.25) is 0 Å². The number of hydrogen-bond acceptors (Lipinski definition) is 6. The highest BCUT2D eigenvalue weighted by Gasteiger charge is 2.35. The lowest BCUT2D eigenvalue weighted by atomic mass is 9.86. The Labute approximate surface area is 198 Å². The molecule has 1 unspecified atom stereocenters. The Morgan fingerprint density at radius 1 is 1.12 bits per heavy atom. The Balaban J connectivity index is 1.43. The van der Waals surface area contributed by atoms with E-state index in [0.29, 0.717) is 37.3 Å². The summed E-state index contributed by atoms with van der Waals surface area (Å²) in [5.74, 6) is -0.108. The normalized spacial score (nSPS) is 18.2. The number of aromatic nitrogens is 1. The van der Waals surface area contributed by atoms with Gasteiger partial charge in [0, 0.05) is 22.2 Å². The number of nitrogens with zero attached hydrogens (tertiary/aromatic N) is 1.